The molecule has 0 saturated carbocycles. The fourth-order valence-electron chi connectivity index (χ4n) is 3.90. The fraction of sp³-hybridized carbons (Fsp3) is 0.571. The Morgan fingerprint density at radius 3 is 2.82 bits per heavy atom. The van der Waals surface area contributed by atoms with Gasteiger partial charge in [0.2, 0.25) is 0 Å². The Kier molecular flexibility index (Phi) is 6.67. The number of benzene rings is 1. The summed E-state index contributed by atoms with van der Waals surface area (Å²) in [4.78, 5) is 42.2. The molecule has 0 spiro atoms. The van der Waals surface area contributed by atoms with E-state index >= 15 is 0 Å². The molecule has 1 amide bonds. The molecule has 1 aliphatic rings. The zero-order valence-corrected chi connectivity index (χ0v) is 16.8. The summed E-state index contributed by atoms with van der Waals surface area (Å²) in [7, 11) is 0. The Balaban J connectivity index is 1.63. The Morgan fingerprint density at radius 1 is 1.25 bits per heavy atom. The molecule has 7 nitrogen and oxygen atoms in total. The van der Waals surface area contributed by atoms with E-state index in [2.05, 4.69) is 22.1 Å². The summed E-state index contributed by atoms with van der Waals surface area (Å²) < 4.78 is 1.20. The Labute approximate surface area is 164 Å². The zero-order valence-electron chi connectivity index (χ0n) is 16.8. The molecule has 2 heterocycles. The van der Waals surface area contributed by atoms with E-state index in [-0.39, 0.29) is 11.5 Å². The molecule has 7 heteroatoms. The molecule has 152 valence electrons. The lowest BCUT2D eigenvalue weighted by Crippen LogP contribution is -2.39. The highest BCUT2D eigenvalue weighted by molar-refractivity contribution is 5.97. The first kappa shape index (κ1) is 20.3. The average molecular weight is 386 g/mol. The number of hydrogen-bond acceptors (Lipinski definition) is 4. The highest BCUT2D eigenvalue weighted by atomic mass is 16.2. The second-order valence-corrected chi connectivity index (χ2v) is 7.64. The molecular formula is C21H30N4O3. The van der Waals surface area contributed by atoms with Crippen LogP contribution in [0.5, 0.6) is 0 Å². The third-order valence-electron chi connectivity index (χ3n) is 5.54. The number of rotatable bonds is 7. The van der Waals surface area contributed by atoms with Crippen LogP contribution < -0.4 is 16.6 Å². The van der Waals surface area contributed by atoms with E-state index in [1.165, 1.54) is 23.8 Å². The van der Waals surface area contributed by atoms with Crippen LogP contribution in [0.3, 0.4) is 0 Å². The molecular weight excluding hydrogens is 356 g/mol. The topological polar surface area (TPSA) is 87.2 Å². The van der Waals surface area contributed by atoms with Crippen molar-refractivity contribution in [2.45, 2.75) is 58.5 Å². The second kappa shape index (κ2) is 9.19. The van der Waals surface area contributed by atoms with Gasteiger partial charge in [-0.3, -0.25) is 14.2 Å². The summed E-state index contributed by atoms with van der Waals surface area (Å²) in [6.07, 6.45) is 5.42. The van der Waals surface area contributed by atoms with Gasteiger partial charge in [-0.2, -0.15) is 0 Å². The molecule has 0 bridgehead atoms. The predicted octanol–water partition coefficient (Wildman–Crippen LogP) is 2.09. The molecule has 2 N–H and O–H groups in total. The van der Waals surface area contributed by atoms with Crippen LogP contribution in [0, 0.1) is 0 Å². The monoisotopic (exact) mass is 386 g/mol. The maximum atomic E-state index is 12.4. The van der Waals surface area contributed by atoms with E-state index in [1.807, 2.05) is 6.92 Å². The van der Waals surface area contributed by atoms with Crippen molar-refractivity contribution in [1.82, 2.24) is 19.8 Å². The third kappa shape index (κ3) is 4.52. The third-order valence-corrected chi connectivity index (χ3v) is 5.54. The highest BCUT2D eigenvalue weighted by Gasteiger charge is 2.17. The van der Waals surface area contributed by atoms with Crippen molar-refractivity contribution in [3.05, 3.63) is 44.6 Å². The van der Waals surface area contributed by atoms with Crippen molar-refractivity contribution in [2.75, 3.05) is 19.6 Å². The lowest BCUT2D eigenvalue weighted by molar-refractivity contribution is 0.0949. The van der Waals surface area contributed by atoms with Gasteiger partial charge in [0.25, 0.3) is 11.5 Å². The summed E-state index contributed by atoms with van der Waals surface area (Å²) in [6, 6.07) is 5.46. The van der Waals surface area contributed by atoms with Gasteiger partial charge in [0, 0.05) is 31.2 Å². The number of likely N-dealkylation sites (tertiary alicyclic amines) is 1. The summed E-state index contributed by atoms with van der Waals surface area (Å²) >= 11 is 0. The summed E-state index contributed by atoms with van der Waals surface area (Å²) in [5, 5.41) is 3.36. The van der Waals surface area contributed by atoms with Crippen LogP contribution in [-0.2, 0) is 6.54 Å². The molecule has 0 aliphatic carbocycles. The van der Waals surface area contributed by atoms with Crippen molar-refractivity contribution in [3.63, 3.8) is 0 Å². The number of carbonyl (C=O) groups excluding carboxylic acids is 1. The van der Waals surface area contributed by atoms with Gasteiger partial charge in [-0.15, -0.1) is 0 Å². The minimum atomic E-state index is -0.437. The number of carbonyl (C=O) groups is 1. The molecule has 3 rings (SSSR count). The maximum Gasteiger partial charge on any atom is 0.328 e. The quantitative estimate of drug-likeness (QED) is 0.714. The normalized spacial score (nSPS) is 17.7. The molecule has 1 atom stereocenters. The standard InChI is InChI=1S/C21H30N4O3/c1-3-11-25-20(27)17-9-8-16(14-18(17)23-21(25)28)19(26)22-10-6-13-24-12-5-4-7-15(24)2/h8-9,14-15H,3-7,10-13H2,1-2H3,(H,22,26)(H,23,28). The zero-order chi connectivity index (χ0) is 20.1. The van der Waals surface area contributed by atoms with Gasteiger partial charge in [-0.25, -0.2) is 4.79 Å². The molecule has 2 aromatic rings. The minimum Gasteiger partial charge on any atom is -0.352 e. The van der Waals surface area contributed by atoms with E-state index in [4.69, 9.17) is 0 Å². The molecule has 1 saturated heterocycles. The van der Waals surface area contributed by atoms with Crippen molar-refractivity contribution >= 4 is 16.8 Å². The fourth-order valence-corrected chi connectivity index (χ4v) is 3.90. The largest absolute Gasteiger partial charge is 0.352 e. The predicted molar refractivity (Wildman–Crippen MR) is 111 cm³/mol. The molecule has 28 heavy (non-hydrogen) atoms. The number of nitrogens with zero attached hydrogens (tertiary/aromatic N) is 2. The Morgan fingerprint density at radius 2 is 2.07 bits per heavy atom. The number of aromatic amines is 1. The maximum absolute atomic E-state index is 12.4. The van der Waals surface area contributed by atoms with Crippen LogP contribution in [0.1, 0.15) is 56.3 Å². The average Bonchev–Trinajstić information content (AvgIpc) is 2.69. The number of piperidine rings is 1. The second-order valence-electron chi connectivity index (χ2n) is 7.64. The van der Waals surface area contributed by atoms with E-state index in [9.17, 15) is 14.4 Å². The number of aromatic nitrogens is 2. The summed E-state index contributed by atoms with van der Waals surface area (Å²) in [5.74, 6) is -0.188. The van der Waals surface area contributed by atoms with Crippen LogP contribution in [0.15, 0.2) is 27.8 Å². The number of H-pyrrole nitrogens is 1. The van der Waals surface area contributed by atoms with Crippen LogP contribution >= 0.6 is 0 Å². The number of fused-ring (bicyclic) bond motifs is 1. The van der Waals surface area contributed by atoms with Gasteiger partial charge in [0.15, 0.2) is 0 Å². The van der Waals surface area contributed by atoms with E-state index in [0.29, 0.717) is 42.0 Å². The molecule has 1 aliphatic heterocycles. The van der Waals surface area contributed by atoms with Crippen LogP contribution in [0.4, 0.5) is 0 Å². The van der Waals surface area contributed by atoms with Gasteiger partial charge in [-0.1, -0.05) is 13.3 Å². The van der Waals surface area contributed by atoms with Crippen LogP contribution in [0.2, 0.25) is 0 Å². The molecule has 0 radical (unpaired) electrons. The lowest BCUT2D eigenvalue weighted by atomic mass is 10.0. The van der Waals surface area contributed by atoms with Crippen molar-refractivity contribution in [1.29, 1.82) is 0 Å². The van der Waals surface area contributed by atoms with Gasteiger partial charge in [-0.05, 0) is 57.4 Å². The minimum absolute atomic E-state index is 0.188. The number of amides is 1. The molecule has 1 aromatic carbocycles. The lowest BCUT2D eigenvalue weighted by Gasteiger charge is -2.33. The van der Waals surface area contributed by atoms with Gasteiger partial charge < -0.3 is 15.2 Å². The number of hydrogen-bond donors (Lipinski definition) is 2. The first-order chi connectivity index (χ1) is 13.5. The molecule has 1 aromatic heterocycles. The summed E-state index contributed by atoms with van der Waals surface area (Å²) in [5.41, 5.74) is 0.0926. The van der Waals surface area contributed by atoms with Crippen molar-refractivity contribution in [3.8, 4) is 0 Å². The first-order valence-electron chi connectivity index (χ1n) is 10.3. The smallest absolute Gasteiger partial charge is 0.328 e. The molecule has 1 unspecified atom stereocenters. The van der Waals surface area contributed by atoms with Crippen molar-refractivity contribution in [2.24, 2.45) is 0 Å². The van der Waals surface area contributed by atoms with E-state index in [1.54, 1.807) is 18.2 Å². The van der Waals surface area contributed by atoms with Crippen molar-refractivity contribution < 1.29 is 4.79 Å². The van der Waals surface area contributed by atoms with Gasteiger partial charge in [0.1, 0.15) is 0 Å². The SMILES string of the molecule is CCCn1c(=O)[nH]c2cc(C(=O)NCCCN3CCCCC3C)ccc2c1=O. The van der Waals surface area contributed by atoms with E-state index in [0.717, 1.165) is 19.5 Å². The molecule has 1 fully saturated rings. The summed E-state index contributed by atoms with van der Waals surface area (Å²) in [6.45, 7) is 7.29. The van der Waals surface area contributed by atoms with Crippen LogP contribution in [-0.4, -0.2) is 46.0 Å². The highest BCUT2D eigenvalue weighted by Crippen LogP contribution is 2.16. The Bertz CT molecular complexity index is 947. The van der Waals surface area contributed by atoms with Crippen LogP contribution in [0.25, 0.3) is 10.9 Å². The van der Waals surface area contributed by atoms with Gasteiger partial charge in [0.05, 0.1) is 10.9 Å². The Hall–Kier alpha value is -2.41. The number of nitrogens with one attached hydrogen (secondary N) is 2. The van der Waals surface area contributed by atoms with E-state index < -0.39 is 5.69 Å². The van der Waals surface area contributed by atoms with Gasteiger partial charge >= 0.3 is 5.69 Å². The first-order valence-corrected chi connectivity index (χ1v) is 10.3.